The summed E-state index contributed by atoms with van der Waals surface area (Å²) in [5.41, 5.74) is 3.84. The number of aliphatic imine (C=N–C) groups is 1. The highest BCUT2D eigenvalue weighted by molar-refractivity contribution is 6.30. The Morgan fingerprint density at radius 1 is 0.867 bits per heavy atom. The second-order valence-corrected chi connectivity index (χ2v) is 7.80. The standard InChI is InChI=1S/C25H19ClN2O2/c26-16-10-11-18(24(30)13-16)21-14-22(28-20-8-4-3-7-19(20)27-21)25-17-6-2-1-5-15(17)9-12-23(25)29/h1-13,21,27,29-30H,14H2. The second kappa shape index (κ2) is 7.39. The maximum Gasteiger partial charge on any atom is 0.125 e. The quantitative estimate of drug-likeness (QED) is 0.347. The first kappa shape index (κ1) is 18.5. The Balaban J connectivity index is 1.72. The number of nitrogens with zero attached hydrogens (tertiary/aromatic N) is 1. The van der Waals surface area contributed by atoms with Crippen LogP contribution in [0.3, 0.4) is 0 Å². The minimum Gasteiger partial charge on any atom is -0.508 e. The molecule has 4 aromatic rings. The number of aromatic hydroxyl groups is 2. The van der Waals surface area contributed by atoms with Crippen LogP contribution in [-0.2, 0) is 0 Å². The molecule has 30 heavy (non-hydrogen) atoms. The summed E-state index contributed by atoms with van der Waals surface area (Å²) in [5, 5.41) is 27.3. The molecule has 0 bridgehead atoms. The fraction of sp³-hybridized carbons (Fsp3) is 0.0800. The van der Waals surface area contributed by atoms with Crippen molar-refractivity contribution in [3.8, 4) is 11.5 Å². The molecule has 148 valence electrons. The number of phenols is 2. The fourth-order valence-corrected chi connectivity index (χ4v) is 4.20. The van der Waals surface area contributed by atoms with Gasteiger partial charge in [-0.25, -0.2) is 0 Å². The molecular formula is C25H19ClN2O2. The number of para-hydroxylation sites is 2. The van der Waals surface area contributed by atoms with Crippen LogP contribution in [0.2, 0.25) is 5.02 Å². The topological polar surface area (TPSA) is 64.8 Å². The van der Waals surface area contributed by atoms with Crippen molar-refractivity contribution in [3.63, 3.8) is 0 Å². The van der Waals surface area contributed by atoms with E-state index in [0.717, 1.165) is 33.4 Å². The molecule has 0 spiro atoms. The Labute approximate surface area is 179 Å². The number of benzene rings is 4. The van der Waals surface area contributed by atoms with Crippen LogP contribution < -0.4 is 5.32 Å². The summed E-state index contributed by atoms with van der Waals surface area (Å²) < 4.78 is 0. The molecule has 0 fully saturated rings. The van der Waals surface area contributed by atoms with E-state index in [1.807, 2.05) is 60.7 Å². The number of fused-ring (bicyclic) bond motifs is 2. The number of anilines is 1. The van der Waals surface area contributed by atoms with Crippen molar-refractivity contribution in [1.29, 1.82) is 0 Å². The lowest BCUT2D eigenvalue weighted by atomic mass is 9.93. The molecule has 5 heteroatoms. The van der Waals surface area contributed by atoms with Gasteiger partial charge in [0.05, 0.1) is 23.1 Å². The fourth-order valence-electron chi connectivity index (χ4n) is 4.04. The Morgan fingerprint density at radius 3 is 2.53 bits per heavy atom. The third kappa shape index (κ3) is 3.25. The molecule has 0 aliphatic carbocycles. The van der Waals surface area contributed by atoms with E-state index in [1.165, 1.54) is 0 Å². The van der Waals surface area contributed by atoms with E-state index in [2.05, 4.69) is 5.32 Å². The average Bonchev–Trinajstić information content (AvgIpc) is 2.93. The van der Waals surface area contributed by atoms with Gasteiger partial charge in [-0.15, -0.1) is 0 Å². The van der Waals surface area contributed by atoms with Crippen molar-refractivity contribution in [2.45, 2.75) is 12.5 Å². The zero-order chi connectivity index (χ0) is 20.7. The molecule has 1 atom stereocenters. The first-order chi connectivity index (χ1) is 14.6. The molecule has 0 amide bonds. The van der Waals surface area contributed by atoms with Crippen molar-refractivity contribution in [2.24, 2.45) is 4.99 Å². The maximum absolute atomic E-state index is 10.8. The predicted molar refractivity (Wildman–Crippen MR) is 122 cm³/mol. The Kier molecular flexibility index (Phi) is 4.57. The molecule has 5 rings (SSSR count). The number of phenolic OH excluding ortho intramolecular Hbond substituents is 2. The van der Waals surface area contributed by atoms with Gasteiger partial charge in [-0.2, -0.15) is 0 Å². The lowest BCUT2D eigenvalue weighted by Crippen LogP contribution is -2.15. The van der Waals surface area contributed by atoms with E-state index < -0.39 is 0 Å². The second-order valence-electron chi connectivity index (χ2n) is 7.36. The molecular weight excluding hydrogens is 396 g/mol. The normalized spacial score (nSPS) is 15.8. The van der Waals surface area contributed by atoms with E-state index in [0.29, 0.717) is 17.0 Å². The van der Waals surface area contributed by atoms with Gasteiger partial charge in [-0.05, 0) is 41.1 Å². The van der Waals surface area contributed by atoms with Crippen molar-refractivity contribution >= 4 is 39.5 Å². The van der Waals surface area contributed by atoms with Gasteiger partial charge in [0.15, 0.2) is 0 Å². The zero-order valence-electron chi connectivity index (χ0n) is 16.0. The monoisotopic (exact) mass is 414 g/mol. The first-order valence-corrected chi connectivity index (χ1v) is 10.1. The lowest BCUT2D eigenvalue weighted by molar-refractivity contribution is 0.464. The summed E-state index contributed by atoms with van der Waals surface area (Å²) in [4.78, 5) is 4.93. The number of hydrogen-bond donors (Lipinski definition) is 3. The molecule has 3 N–H and O–H groups in total. The highest BCUT2D eigenvalue weighted by atomic mass is 35.5. The Bertz CT molecular complexity index is 1300. The summed E-state index contributed by atoms with van der Waals surface area (Å²) in [6.45, 7) is 0. The van der Waals surface area contributed by atoms with E-state index in [4.69, 9.17) is 16.6 Å². The Hall–Kier alpha value is -3.50. The van der Waals surface area contributed by atoms with Crippen molar-refractivity contribution in [3.05, 3.63) is 95.0 Å². The third-order valence-electron chi connectivity index (χ3n) is 5.45. The van der Waals surface area contributed by atoms with Crippen LogP contribution in [0.25, 0.3) is 10.8 Å². The van der Waals surface area contributed by atoms with Gasteiger partial charge in [0.2, 0.25) is 0 Å². The SMILES string of the molecule is Oc1cc(Cl)ccc1C1CC(c2c(O)ccc3ccccc23)=Nc2ccccc2N1. The third-order valence-corrected chi connectivity index (χ3v) is 5.69. The molecule has 0 saturated carbocycles. The van der Waals surface area contributed by atoms with Crippen LogP contribution in [0.5, 0.6) is 11.5 Å². The van der Waals surface area contributed by atoms with Crippen LogP contribution in [0.15, 0.2) is 83.9 Å². The van der Waals surface area contributed by atoms with Gasteiger partial charge in [0.1, 0.15) is 11.5 Å². The molecule has 0 radical (unpaired) electrons. The number of hydrogen-bond acceptors (Lipinski definition) is 4. The molecule has 1 aliphatic heterocycles. The van der Waals surface area contributed by atoms with Crippen molar-refractivity contribution in [1.82, 2.24) is 0 Å². The minimum atomic E-state index is -0.247. The van der Waals surface area contributed by atoms with Gasteiger partial charge in [0, 0.05) is 22.6 Å². The predicted octanol–water partition coefficient (Wildman–Crippen LogP) is 6.58. The van der Waals surface area contributed by atoms with Crippen LogP contribution in [0, 0.1) is 0 Å². The van der Waals surface area contributed by atoms with Crippen LogP contribution >= 0.6 is 11.6 Å². The van der Waals surface area contributed by atoms with Crippen molar-refractivity contribution in [2.75, 3.05) is 5.32 Å². The molecule has 0 aromatic heterocycles. The van der Waals surface area contributed by atoms with E-state index in [-0.39, 0.29) is 17.5 Å². The smallest absolute Gasteiger partial charge is 0.125 e. The van der Waals surface area contributed by atoms with Crippen molar-refractivity contribution < 1.29 is 10.2 Å². The Morgan fingerprint density at radius 2 is 1.67 bits per heavy atom. The lowest BCUT2D eigenvalue weighted by Gasteiger charge is -2.21. The number of nitrogens with one attached hydrogen (secondary N) is 1. The van der Waals surface area contributed by atoms with E-state index in [9.17, 15) is 10.2 Å². The molecule has 4 nitrogen and oxygen atoms in total. The van der Waals surface area contributed by atoms with Crippen LogP contribution in [0.4, 0.5) is 11.4 Å². The molecule has 1 heterocycles. The van der Waals surface area contributed by atoms with E-state index in [1.54, 1.807) is 18.2 Å². The van der Waals surface area contributed by atoms with Crippen LogP contribution in [-0.4, -0.2) is 15.9 Å². The van der Waals surface area contributed by atoms with Gasteiger partial charge in [-0.1, -0.05) is 60.1 Å². The summed E-state index contributed by atoms with van der Waals surface area (Å²) >= 11 is 6.04. The molecule has 4 aromatic carbocycles. The zero-order valence-corrected chi connectivity index (χ0v) is 16.8. The first-order valence-electron chi connectivity index (χ1n) is 9.73. The van der Waals surface area contributed by atoms with Crippen LogP contribution in [0.1, 0.15) is 23.6 Å². The summed E-state index contributed by atoms with van der Waals surface area (Å²) in [6, 6.07) is 24.2. The maximum atomic E-state index is 10.8. The van der Waals surface area contributed by atoms with Gasteiger partial charge in [-0.3, -0.25) is 4.99 Å². The highest BCUT2D eigenvalue weighted by Gasteiger charge is 2.25. The highest BCUT2D eigenvalue weighted by Crippen LogP contribution is 2.40. The summed E-state index contributed by atoms with van der Waals surface area (Å²) in [6.07, 6.45) is 0.478. The summed E-state index contributed by atoms with van der Waals surface area (Å²) in [7, 11) is 0. The number of halogens is 1. The molecule has 1 unspecified atom stereocenters. The minimum absolute atomic E-state index is 0.126. The van der Waals surface area contributed by atoms with Gasteiger partial charge in [0.25, 0.3) is 0 Å². The molecule has 0 saturated heterocycles. The van der Waals surface area contributed by atoms with Gasteiger partial charge >= 0.3 is 0 Å². The number of rotatable bonds is 2. The average molecular weight is 415 g/mol. The largest absolute Gasteiger partial charge is 0.508 e. The van der Waals surface area contributed by atoms with E-state index >= 15 is 0 Å². The summed E-state index contributed by atoms with van der Waals surface area (Å²) in [5.74, 6) is 0.312. The van der Waals surface area contributed by atoms with Gasteiger partial charge < -0.3 is 15.5 Å². The molecule has 1 aliphatic rings.